The van der Waals surface area contributed by atoms with Crippen LogP contribution >= 0.6 is 0 Å². The van der Waals surface area contributed by atoms with Gasteiger partial charge in [-0.05, 0) is 21.0 Å². The number of hydrogen-bond donors (Lipinski definition) is 1. The molecule has 1 aromatic rings. The van der Waals surface area contributed by atoms with Crippen LogP contribution in [0, 0.1) is 0 Å². The molecule has 0 radical (unpaired) electrons. The van der Waals surface area contributed by atoms with Crippen LogP contribution < -0.4 is 5.32 Å². The van der Waals surface area contributed by atoms with Crippen molar-refractivity contribution < 1.29 is 4.74 Å². The van der Waals surface area contributed by atoms with Crippen LogP contribution in [0.2, 0.25) is 0 Å². The number of rotatable bonds is 6. The number of hydrogen-bond acceptors (Lipinski definition) is 5. The number of imidazole rings is 1. The average Bonchev–Trinajstić information content (AvgIpc) is 2.88. The van der Waals surface area contributed by atoms with E-state index in [4.69, 9.17) is 4.74 Å². The lowest BCUT2D eigenvalue weighted by atomic mass is 10.2. The third kappa shape index (κ3) is 3.71. The van der Waals surface area contributed by atoms with Crippen LogP contribution in [0.25, 0.3) is 0 Å². The lowest BCUT2D eigenvalue weighted by Gasteiger charge is -2.37. The quantitative estimate of drug-likeness (QED) is 0.833. The molecule has 6 heteroatoms. The molecule has 2 atom stereocenters. The lowest BCUT2D eigenvalue weighted by Crippen LogP contribution is -2.52. The Hall–Kier alpha value is -1.11. The molecule has 2 unspecified atom stereocenters. The van der Waals surface area contributed by atoms with Gasteiger partial charge in [-0.1, -0.05) is 0 Å². The second-order valence-electron chi connectivity index (χ2n) is 5.74. The molecule has 114 valence electrons. The van der Waals surface area contributed by atoms with Crippen LogP contribution in [-0.2, 0) is 4.74 Å². The summed E-state index contributed by atoms with van der Waals surface area (Å²) in [5.74, 6) is 0.927. The molecule has 0 bridgehead atoms. The van der Waals surface area contributed by atoms with Gasteiger partial charge < -0.3 is 19.5 Å². The van der Waals surface area contributed by atoms with Gasteiger partial charge in [0, 0.05) is 51.7 Å². The van der Waals surface area contributed by atoms with Crippen LogP contribution in [0.1, 0.15) is 13.0 Å². The van der Waals surface area contributed by atoms with Crippen molar-refractivity contribution in [3.63, 3.8) is 0 Å². The van der Waals surface area contributed by atoms with Crippen molar-refractivity contribution in [3.05, 3.63) is 12.4 Å². The van der Waals surface area contributed by atoms with Gasteiger partial charge in [0.15, 0.2) is 0 Å². The molecule has 1 saturated heterocycles. The van der Waals surface area contributed by atoms with E-state index in [2.05, 4.69) is 45.7 Å². The maximum Gasteiger partial charge on any atom is 0.203 e. The maximum atomic E-state index is 5.22. The number of aromatic nitrogens is 2. The minimum absolute atomic E-state index is 0.289. The molecule has 0 saturated carbocycles. The molecule has 1 aliphatic rings. The molecular formula is C14H27N5O. The number of ether oxygens (including phenoxy) is 1. The number of anilines is 1. The first-order valence-corrected chi connectivity index (χ1v) is 7.26. The molecular weight excluding hydrogens is 254 g/mol. The first-order valence-electron chi connectivity index (χ1n) is 7.26. The summed E-state index contributed by atoms with van der Waals surface area (Å²) in [6.07, 6.45) is 3.84. The standard InChI is InChI=1S/C14H27N5O/c1-12(11-20-4)19-6-5-15-14(19)16-9-13-10-17(2)7-8-18(13)3/h5-6,12-13H,7-11H2,1-4H3,(H,15,16). The van der Waals surface area contributed by atoms with Gasteiger partial charge in [-0.15, -0.1) is 0 Å². The van der Waals surface area contributed by atoms with E-state index in [0.29, 0.717) is 12.6 Å². The molecule has 0 aromatic carbocycles. The number of nitrogens with zero attached hydrogens (tertiary/aromatic N) is 4. The molecule has 2 rings (SSSR count). The Labute approximate surface area is 121 Å². The average molecular weight is 281 g/mol. The Balaban J connectivity index is 1.92. The fourth-order valence-electron chi connectivity index (χ4n) is 2.66. The van der Waals surface area contributed by atoms with Gasteiger partial charge in [0.05, 0.1) is 12.6 Å². The van der Waals surface area contributed by atoms with E-state index in [1.807, 2.05) is 12.4 Å². The van der Waals surface area contributed by atoms with Crippen LogP contribution in [-0.4, -0.2) is 79.4 Å². The third-order valence-electron chi connectivity index (χ3n) is 4.03. The Kier molecular flexibility index (Phi) is 5.39. The summed E-state index contributed by atoms with van der Waals surface area (Å²) in [7, 11) is 6.11. The third-order valence-corrected chi connectivity index (χ3v) is 4.03. The van der Waals surface area contributed by atoms with Crippen molar-refractivity contribution >= 4 is 5.95 Å². The van der Waals surface area contributed by atoms with Crippen molar-refractivity contribution in [2.75, 3.05) is 59.3 Å². The van der Waals surface area contributed by atoms with Crippen LogP contribution in [0.5, 0.6) is 0 Å². The molecule has 0 amide bonds. The Morgan fingerprint density at radius 3 is 3.00 bits per heavy atom. The highest BCUT2D eigenvalue weighted by Crippen LogP contribution is 2.14. The smallest absolute Gasteiger partial charge is 0.203 e. The molecule has 1 fully saturated rings. The highest BCUT2D eigenvalue weighted by molar-refractivity contribution is 5.27. The zero-order chi connectivity index (χ0) is 14.5. The van der Waals surface area contributed by atoms with Gasteiger partial charge in [0.25, 0.3) is 0 Å². The fraction of sp³-hybridized carbons (Fsp3) is 0.786. The summed E-state index contributed by atoms with van der Waals surface area (Å²) in [6, 6.07) is 0.813. The van der Waals surface area contributed by atoms with Gasteiger partial charge in [0.1, 0.15) is 0 Å². The summed E-state index contributed by atoms with van der Waals surface area (Å²) in [6.45, 7) is 7.10. The zero-order valence-electron chi connectivity index (χ0n) is 13.0. The molecule has 6 nitrogen and oxygen atoms in total. The monoisotopic (exact) mass is 281 g/mol. The molecule has 0 spiro atoms. The highest BCUT2D eigenvalue weighted by Gasteiger charge is 2.22. The Morgan fingerprint density at radius 1 is 1.45 bits per heavy atom. The van der Waals surface area contributed by atoms with E-state index in [1.165, 1.54) is 0 Å². The molecule has 1 aliphatic heterocycles. The predicted octanol–water partition coefficient (Wildman–Crippen LogP) is 0.748. The molecule has 0 aliphatic carbocycles. The summed E-state index contributed by atoms with van der Waals surface area (Å²) in [4.78, 5) is 9.21. The highest BCUT2D eigenvalue weighted by atomic mass is 16.5. The minimum Gasteiger partial charge on any atom is -0.383 e. The van der Waals surface area contributed by atoms with E-state index in [9.17, 15) is 0 Å². The molecule has 20 heavy (non-hydrogen) atoms. The summed E-state index contributed by atoms with van der Waals surface area (Å²) in [5, 5.41) is 3.48. The van der Waals surface area contributed by atoms with Crippen molar-refractivity contribution in [2.24, 2.45) is 0 Å². The number of piperazine rings is 1. The second kappa shape index (κ2) is 7.06. The summed E-state index contributed by atoms with van der Waals surface area (Å²) in [5.41, 5.74) is 0. The van der Waals surface area contributed by atoms with Crippen LogP contribution in [0.4, 0.5) is 5.95 Å². The van der Waals surface area contributed by atoms with E-state index in [1.54, 1.807) is 7.11 Å². The largest absolute Gasteiger partial charge is 0.383 e. The molecule has 1 N–H and O–H groups in total. The van der Waals surface area contributed by atoms with Crippen molar-refractivity contribution in [1.29, 1.82) is 0 Å². The predicted molar refractivity (Wildman–Crippen MR) is 81.2 cm³/mol. The van der Waals surface area contributed by atoms with Gasteiger partial charge in [-0.2, -0.15) is 0 Å². The van der Waals surface area contributed by atoms with Crippen molar-refractivity contribution in [2.45, 2.75) is 19.0 Å². The normalized spacial score (nSPS) is 22.9. The maximum absolute atomic E-state index is 5.22. The Bertz CT molecular complexity index is 408. The van der Waals surface area contributed by atoms with E-state index in [0.717, 1.165) is 32.1 Å². The van der Waals surface area contributed by atoms with Gasteiger partial charge in [-0.25, -0.2) is 4.98 Å². The molecule has 2 heterocycles. The minimum atomic E-state index is 0.289. The Morgan fingerprint density at radius 2 is 2.25 bits per heavy atom. The van der Waals surface area contributed by atoms with Crippen LogP contribution in [0.3, 0.4) is 0 Å². The number of likely N-dealkylation sites (N-methyl/N-ethyl adjacent to an activating group) is 2. The summed E-state index contributed by atoms with van der Waals surface area (Å²) >= 11 is 0. The molecule has 1 aromatic heterocycles. The van der Waals surface area contributed by atoms with E-state index < -0.39 is 0 Å². The lowest BCUT2D eigenvalue weighted by molar-refractivity contribution is 0.121. The van der Waals surface area contributed by atoms with Crippen LogP contribution in [0.15, 0.2) is 12.4 Å². The SMILES string of the molecule is COCC(C)n1ccnc1NCC1CN(C)CCN1C. The van der Waals surface area contributed by atoms with Crippen molar-refractivity contribution in [3.8, 4) is 0 Å². The zero-order valence-corrected chi connectivity index (χ0v) is 13.0. The first-order chi connectivity index (χ1) is 9.61. The first kappa shape index (κ1) is 15.3. The topological polar surface area (TPSA) is 45.6 Å². The van der Waals surface area contributed by atoms with Gasteiger partial charge in [0.2, 0.25) is 5.95 Å². The van der Waals surface area contributed by atoms with Gasteiger partial charge >= 0.3 is 0 Å². The second-order valence-corrected chi connectivity index (χ2v) is 5.74. The van der Waals surface area contributed by atoms with E-state index in [-0.39, 0.29) is 6.04 Å². The fourth-order valence-corrected chi connectivity index (χ4v) is 2.66. The number of methoxy groups -OCH3 is 1. The van der Waals surface area contributed by atoms with Gasteiger partial charge in [-0.3, -0.25) is 4.90 Å². The number of nitrogens with one attached hydrogen (secondary N) is 1. The summed E-state index contributed by atoms with van der Waals surface area (Å²) < 4.78 is 7.35. The van der Waals surface area contributed by atoms with Crippen molar-refractivity contribution in [1.82, 2.24) is 19.4 Å². The van der Waals surface area contributed by atoms with E-state index >= 15 is 0 Å².